The first-order valence-electron chi connectivity index (χ1n) is 12.9. The fraction of sp³-hybridized carbons (Fsp3) is 0.536. The summed E-state index contributed by atoms with van der Waals surface area (Å²) >= 11 is 0. The van der Waals surface area contributed by atoms with E-state index in [2.05, 4.69) is 36.5 Å². The molecule has 2 aromatic carbocycles. The molecule has 3 atom stereocenters. The van der Waals surface area contributed by atoms with E-state index in [1.165, 1.54) is 12.0 Å². The van der Waals surface area contributed by atoms with Gasteiger partial charge in [-0.15, -0.1) is 0 Å². The summed E-state index contributed by atoms with van der Waals surface area (Å²) in [4.78, 5) is 15.1. The average Bonchev–Trinajstić information content (AvgIpc) is 2.83. The first kappa shape index (κ1) is 28.5. The number of ketones is 1. The maximum absolute atomic E-state index is 12.7. The molecule has 2 N–H and O–H groups in total. The van der Waals surface area contributed by atoms with E-state index in [1.54, 1.807) is 0 Å². The topological polar surface area (TPSA) is 95.9 Å². The fourth-order valence-electron chi connectivity index (χ4n) is 5.10. The Morgan fingerprint density at radius 1 is 1.00 bits per heavy atom. The van der Waals surface area contributed by atoms with Crippen LogP contribution in [0.2, 0.25) is 0 Å². The van der Waals surface area contributed by atoms with Crippen molar-refractivity contribution in [1.29, 1.82) is 0 Å². The average molecular weight is 517 g/mol. The third-order valence-electron chi connectivity index (χ3n) is 6.70. The second-order valence-electron chi connectivity index (χ2n) is 10.1. The second-order valence-corrected chi connectivity index (χ2v) is 11.3. The van der Waals surface area contributed by atoms with Gasteiger partial charge in [-0.3, -0.25) is 14.2 Å². The van der Waals surface area contributed by atoms with Crippen molar-refractivity contribution in [2.75, 3.05) is 19.6 Å². The standard InChI is InChI=1S/C22H27NO2.C6H13NO3S/c1-16(13-23-14-17(2)25-18(3)15-23)20-10-7-11-21(12-20)22(24)19-8-5-4-6-9-19;8-11(9,10)7-6-4-2-1-3-5-6/h4-12,16-18H,13-15H2,1-3H3;6-7H,1-5H2,(H,8,9,10). The molecular formula is C28H40N2O5S. The lowest BCUT2D eigenvalue weighted by Crippen LogP contribution is -2.46. The summed E-state index contributed by atoms with van der Waals surface area (Å²) in [5.74, 6) is 0.462. The zero-order chi connectivity index (χ0) is 26.1. The molecule has 0 spiro atoms. The number of carbonyl (C=O) groups is 1. The van der Waals surface area contributed by atoms with Crippen molar-refractivity contribution in [2.24, 2.45) is 0 Å². The first-order valence-corrected chi connectivity index (χ1v) is 14.4. The van der Waals surface area contributed by atoms with Gasteiger partial charge in [-0.25, -0.2) is 0 Å². The van der Waals surface area contributed by atoms with Crippen molar-refractivity contribution in [3.05, 3.63) is 71.3 Å². The summed E-state index contributed by atoms with van der Waals surface area (Å²) in [5.41, 5.74) is 2.72. The molecule has 1 heterocycles. The van der Waals surface area contributed by atoms with E-state index < -0.39 is 10.3 Å². The number of hydrogen-bond donors (Lipinski definition) is 2. The van der Waals surface area contributed by atoms with E-state index in [-0.39, 0.29) is 24.0 Å². The maximum atomic E-state index is 12.7. The Morgan fingerprint density at radius 3 is 2.22 bits per heavy atom. The van der Waals surface area contributed by atoms with Crippen molar-refractivity contribution in [3.63, 3.8) is 0 Å². The monoisotopic (exact) mass is 516 g/mol. The number of nitrogens with one attached hydrogen (secondary N) is 1. The third-order valence-corrected chi connectivity index (χ3v) is 7.33. The van der Waals surface area contributed by atoms with Crippen molar-refractivity contribution in [3.8, 4) is 0 Å². The molecule has 0 bridgehead atoms. The number of benzene rings is 2. The lowest BCUT2D eigenvalue weighted by molar-refractivity contribution is -0.0689. The summed E-state index contributed by atoms with van der Waals surface area (Å²) < 4.78 is 37.1. The number of ether oxygens (including phenoxy) is 1. The Kier molecular flexibility index (Phi) is 10.6. The van der Waals surface area contributed by atoms with Crippen LogP contribution in [0.15, 0.2) is 54.6 Å². The molecule has 0 aromatic heterocycles. The van der Waals surface area contributed by atoms with Gasteiger partial charge < -0.3 is 4.74 Å². The van der Waals surface area contributed by atoms with Gasteiger partial charge in [0.15, 0.2) is 5.78 Å². The lowest BCUT2D eigenvalue weighted by atomic mass is 9.95. The van der Waals surface area contributed by atoms with Crippen LogP contribution in [0, 0.1) is 0 Å². The van der Waals surface area contributed by atoms with Crippen molar-refractivity contribution < 1.29 is 22.5 Å². The highest BCUT2D eigenvalue weighted by atomic mass is 32.2. The summed E-state index contributed by atoms with van der Waals surface area (Å²) in [6, 6.07) is 17.5. The second kappa shape index (κ2) is 13.4. The molecular weight excluding hydrogens is 476 g/mol. The molecule has 36 heavy (non-hydrogen) atoms. The number of hydrogen-bond acceptors (Lipinski definition) is 5. The van der Waals surface area contributed by atoms with E-state index in [1.807, 2.05) is 48.5 Å². The molecule has 2 fully saturated rings. The van der Waals surface area contributed by atoms with Gasteiger partial charge in [0.05, 0.1) is 12.2 Å². The largest absolute Gasteiger partial charge is 0.373 e. The van der Waals surface area contributed by atoms with Crippen LogP contribution in [0.5, 0.6) is 0 Å². The van der Waals surface area contributed by atoms with Gasteiger partial charge in [0.1, 0.15) is 0 Å². The Labute approximate surface area is 216 Å². The lowest BCUT2D eigenvalue weighted by Gasteiger charge is -2.36. The van der Waals surface area contributed by atoms with E-state index in [0.717, 1.165) is 56.4 Å². The molecule has 0 amide bonds. The molecule has 4 rings (SSSR count). The van der Waals surface area contributed by atoms with Crippen LogP contribution >= 0.6 is 0 Å². The van der Waals surface area contributed by atoms with Gasteiger partial charge in [0, 0.05) is 36.8 Å². The van der Waals surface area contributed by atoms with Gasteiger partial charge >= 0.3 is 10.3 Å². The zero-order valence-electron chi connectivity index (χ0n) is 21.6. The van der Waals surface area contributed by atoms with E-state index in [0.29, 0.717) is 5.92 Å². The first-order chi connectivity index (χ1) is 17.1. The van der Waals surface area contributed by atoms with Gasteiger partial charge in [-0.1, -0.05) is 74.7 Å². The molecule has 198 valence electrons. The summed E-state index contributed by atoms with van der Waals surface area (Å²) in [6.45, 7) is 9.42. The Bertz CT molecular complexity index is 1060. The van der Waals surface area contributed by atoms with Crippen molar-refractivity contribution in [1.82, 2.24) is 9.62 Å². The minimum Gasteiger partial charge on any atom is -0.373 e. The van der Waals surface area contributed by atoms with Crippen LogP contribution in [-0.2, 0) is 15.0 Å². The summed E-state index contributed by atoms with van der Waals surface area (Å²) in [6.07, 6.45) is 5.52. The molecule has 1 saturated heterocycles. The minimum absolute atomic E-state index is 0.0428. The number of morpholine rings is 1. The van der Waals surface area contributed by atoms with Crippen LogP contribution in [-0.4, -0.2) is 61.5 Å². The highest BCUT2D eigenvalue weighted by Crippen LogP contribution is 2.22. The minimum atomic E-state index is -3.97. The fourth-order valence-corrected chi connectivity index (χ4v) is 5.76. The molecule has 1 aliphatic heterocycles. The quantitative estimate of drug-likeness (QED) is 0.404. The predicted molar refractivity (Wildman–Crippen MR) is 143 cm³/mol. The summed E-state index contributed by atoms with van der Waals surface area (Å²) in [7, 11) is -3.97. The van der Waals surface area contributed by atoms with Crippen LogP contribution in [0.25, 0.3) is 0 Å². The maximum Gasteiger partial charge on any atom is 0.333 e. The number of nitrogens with zero attached hydrogens (tertiary/aromatic N) is 1. The number of carbonyl (C=O) groups excluding carboxylic acids is 1. The number of rotatable bonds is 7. The van der Waals surface area contributed by atoms with Crippen LogP contribution < -0.4 is 4.72 Å². The molecule has 8 heteroatoms. The predicted octanol–water partition coefficient (Wildman–Crippen LogP) is 4.84. The Morgan fingerprint density at radius 2 is 1.61 bits per heavy atom. The highest BCUT2D eigenvalue weighted by Gasteiger charge is 2.24. The molecule has 3 unspecified atom stereocenters. The molecule has 1 saturated carbocycles. The molecule has 7 nitrogen and oxygen atoms in total. The van der Waals surface area contributed by atoms with Crippen LogP contribution in [0.1, 0.15) is 80.3 Å². The van der Waals surface area contributed by atoms with Crippen LogP contribution in [0.4, 0.5) is 0 Å². The van der Waals surface area contributed by atoms with Crippen molar-refractivity contribution in [2.45, 2.75) is 77.0 Å². The van der Waals surface area contributed by atoms with Crippen molar-refractivity contribution >= 4 is 16.1 Å². The van der Waals surface area contributed by atoms with E-state index >= 15 is 0 Å². The Hall–Kier alpha value is -2.10. The highest BCUT2D eigenvalue weighted by molar-refractivity contribution is 7.83. The third kappa shape index (κ3) is 9.41. The van der Waals surface area contributed by atoms with Gasteiger partial charge in [0.25, 0.3) is 0 Å². The van der Waals surface area contributed by atoms with Crippen LogP contribution in [0.3, 0.4) is 0 Å². The van der Waals surface area contributed by atoms with Gasteiger partial charge in [-0.2, -0.15) is 13.1 Å². The summed E-state index contributed by atoms with van der Waals surface area (Å²) in [5, 5.41) is 0. The molecule has 0 radical (unpaired) electrons. The SMILES string of the molecule is CC1CN(CC(C)c2cccc(C(=O)c3ccccc3)c2)CC(C)O1.O=S(=O)(O)NC1CCCCC1. The zero-order valence-corrected chi connectivity index (χ0v) is 22.4. The smallest absolute Gasteiger partial charge is 0.333 e. The van der Waals surface area contributed by atoms with Gasteiger partial charge in [0.2, 0.25) is 0 Å². The van der Waals surface area contributed by atoms with E-state index in [9.17, 15) is 13.2 Å². The molecule has 1 aliphatic carbocycles. The van der Waals surface area contributed by atoms with E-state index in [4.69, 9.17) is 9.29 Å². The molecule has 2 aliphatic rings. The molecule has 2 aromatic rings. The normalized spacial score (nSPS) is 22.3. The van der Waals surface area contributed by atoms with Gasteiger partial charge in [-0.05, 0) is 44.2 Å². The Balaban J connectivity index is 0.000000275.